The smallest absolute Gasteiger partial charge is 0.493 e. The van der Waals surface area contributed by atoms with E-state index in [1.165, 1.54) is 5.56 Å². The number of hydrogen-bond acceptors (Lipinski definition) is 7. The number of phosphoric acid groups is 1. The molecule has 2 heterocycles. The van der Waals surface area contributed by atoms with Gasteiger partial charge in [-0.1, -0.05) is 6.07 Å². The lowest BCUT2D eigenvalue weighted by molar-refractivity contribution is 0.0363. The van der Waals surface area contributed by atoms with Crippen LogP contribution in [0.25, 0.3) is 0 Å². The van der Waals surface area contributed by atoms with E-state index in [1.807, 2.05) is 6.07 Å². The molecule has 0 N–H and O–H groups in total. The van der Waals surface area contributed by atoms with Gasteiger partial charge in [-0.3, -0.25) is 9.05 Å². The maximum Gasteiger partial charge on any atom is 0.529 e. The highest BCUT2D eigenvalue weighted by atomic mass is 31.2. The summed E-state index contributed by atoms with van der Waals surface area (Å²) < 4.78 is 40.9. The first kappa shape index (κ1) is 20.4. The van der Waals surface area contributed by atoms with Crippen molar-refractivity contribution in [3.8, 4) is 11.5 Å². The zero-order chi connectivity index (χ0) is 21.0. The molecule has 3 fully saturated rings. The fourth-order valence-corrected chi connectivity index (χ4v) is 6.61. The quantitative estimate of drug-likeness (QED) is 0.640. The maximum absolute atomic E-state index is 12.9. The Morgan fingerprint density at radius 3 is 2.50 bits per heavy atom. The van der Waals surface area contributed by atoms with Crippen molar-refractivity contribution in [3.63, 3.8) is 0 Å². The summed E-state index contributed by atoms with van der Waals surface area (Å²) >= 11 is 0. The lowest BCUT2D eigenvalue weighted by atomic mass is 9.68. The highest BCUT2D eigenvalue weighted by Crippen LogP contribution is 2.63. The van der Waals surface area contributed by atoms with Crippen molar-refractivity contribution in [2.45, 2.75) is 43.6 Å². The van der Waals surface area contributed by atoms with Crippen molar-refractivity contribution in [3.05, 3.63) is 35.6 Å². The van der Waals surface area contributed by atoms with E-state index in [4.69, 9.17) is 23.0 Å². The number of phosphoric ester groups is 1. The summed E-state index contributed by atoms with van der Waals surface area (Å²) in [6.45, 7) is 1.93. The first-order valence-corrected chi connectivity index (χ1v) is 12.1. The summed E-state index contributed by atoms with van der Waals surface area (Å²) in [4.78, 5) is 2.37. The van der Waals surface area contributed by atoms with E-state index < -0.39 is 7.82 Å². The van der Waals surface area contributed by atoms with Crippen LogP contribution in [0.4, 0.5) is 0 Å². The molecule has 1 spiro atoms. The second kappa shape index (κ2) is 7.27. The van der Waals surface area contributed by atoms with Crippen LogP contribution in [0.3, 0.4) is 0 Å². The Kier molecular flexibility index (Phi) is 4.93. The molecule has 2 aliphatic heterocycles. The maximum atomic E-state index is 12.9. The van der Waals surface area contributed by atoms with Gasteiger partial charge in [0.15, 0.2) is 11.5 Å². The molecule has 2 aliphatic carbocycles. The van der Waals surface area contributed by atoms with E-state index in [0.717, 1.165) is 43.7 Å². The number of likely N-dealkylation sites (N-methyl/N-ethyl adjacent to an activating group) is 1. The predicted molar refractivity (Wildman–Crippen MR) is 112 cm³/mol. The first-order valence-electron chi connectivity index (χ1n) is 10.6. The third-order valence-corrected chi connectivity index (χ3v) is 8.72. The van der Waals surface area contributed by atoms with E-state index in [0.29, 0.717) is 25.4 Å². The Morgan fingerprint density at radius 1 is 1.10 bits per heavy atom. The zero-order valence-electron chi connectivity index (χ0n) is 17.9. The van der Waals surface area contributed by atoms with Gasteiger partial charge in [-0.2, -0.15) is 0 Å². The van der Waals surface area contributed by atoms with E-state index in [9.17, 15) is 4.57 Å². The molecular weight excluding hydrogens is 405 g/mol. The SMILES string of the molecule is COc1ccc([C@@]23CC=C(OP4(=O)OCC5(CC5)CO4)C[C@@H]2N(C)CC3)cc1OC. The molecule has 30 heavy (non-hydrogen) atoms. The van der Waals surface area contributed by atoms with E-state index >= 15 is 0 Å². The summed E-state index contributed by atoms with van der Waals surface area (Å²) in [6.07, 6.45) is 6.75. The Labute approximate surface area is 177 Å². The van der Waals surface area contributed by atoms with Gasteiger partial charge in [0.05, 0.1) is 27.4 Å². The number of fused-ring (bicyclic) bond motifs is 1. The van der Waals surface area contributed by atoms with Crippen LogP contribution < -0.4 is 9.47 Å². The standard InChI is InChI=1S/C22H30NO6P/c1-23-11-10-22(16-4-5-18(25-2)19(12-16)26-3)7-6-17(13-20(22)23)29-30(24)27-14-21(8-9-21)15-28-30/h4-6,12,20H,7-11,13-15H2,1-3H3/t20-,22-/m0/s1. The third kappa shape index (κ3) is 3.36. The average Bonchev–Trinajstić information content (AvgIpc) is 3.46. The molecule has 0 unspecified atom stereocenters. The summed E-state index contributed by atoms with van der Waals surface area (Å²) in [6, 6.07) is 6.44. The van der Waals surface area contributed by atoms with Crippen LogP contribution in [-0.4, -0.2) is 52.0 Å². The molecule has 0 amide bonds. The number of rotatable bonds is 5. The Balaban J connectivity index is 1.38. The summed E-state index contributed by atoms with van der Waals surface area (Å²) in [7, 11) is 1.94. The summed E-state index contributed by atoms with van der Waals surface area (Å²) in [5, 5.41) is 0. The number of hydrogen-bond donors (Lipinski definition) is 0. The lowest BCUT2D eigenvalue weighted by Gasteiger charge is -2.41. The fraction of sp³-hybridized carbons (Fsp3) is 0.636. The fourth-order valence-electron chi connectivity index (χ4n) is 5.13. The van der Waals surface area contributed by atoms with Crippen molar-refractivity contribution < 1.29 is 27.6 Å². The van der Waals surface area contributed by atoms with Gasteiger partial charge in [0.25, 0.3) is 0 Å². The van der Waals surface area contributed by atoms with Crippen LogP contribution in [0.2, 0.25) is 0 Å². The molecule has 7 nitrogen and oxygen atoms in total. The van der Waals surface area contributed by atoms with Gasteiger partial charge in [0.1, 0.15) is 5.76 Å². The molecule has 2 atom stereocenters. The second-order valence-corrected chi connectivity index (χ2v) is 10.7. The number of benzene rings is 1. The van der Waals surface area contributed by atoms with Crippen molar-refractivity contribution in [2.24, 2.45) is 5.41 Å². The number of methoxy groups -OCH3 is 2. The normalized spacial score (nSPS) is 31.7. The average molecular weight is 435 g/mol. The van der Waals surface area contributed by atoms with Gasteiger partial charge < -0.3 is 18.9 Å². The number of ether oxygens (including phenoxy) is 2. The third-order valence-electron chi connectivity index (χ3n) is 7.37. The van der Waals surface area contributed by atoms with Crippen molar-refractivity contribution in [1.29, 1.82) is 0 Å². The minimum atomic E-state index is -3.52. The Bertz CT molecular complexity index is 899. The lowest BCUT2D eigenvalue weighted by Crippen LogP contribution is -2.43. The number of likely N-dealkylation sites (tertiary alicyclic amines) is 1. The molecule has 1 aromatic rings. The van der Waals surface area contributed by atoms with Crippen LogP contribution in [-0.2, 0) is 23.6 Å². The van der Waals surface area contributed by atoms with Crippen LogP contribution in [0.5, 0.6) is 11.5 Å². The molecule has 164 valence electrons. The van der Waals surface area contributed by atoms with E-state index in [1.54, 1.807) is 14.2 Å². The Hall–Kier alpha value is -1.53. The van der Waals surface area contributed by atoms with Crippen molar-refractivity contribution in [2.75, 3.05) is 41.0 Å². The largest absolute Gasteiger partial charge is 0.529 e. The number of nitrogens with zero attached hydrogens (tertiary/aromatic N) is 1. The summed E-state index contributed by atoms with van der Waals surface area (Å²) in [5.74, 6) is 2.18. The minimum Gasteiger partial charge on any atom is -0.493 e. The van der Waals surface area contributed by atoms with Gasteiger partial charge >= 0.3 is 7.82 Å². The molecule has 1 saturated carbocycles. The molecule has 0 aromatic heterocycles. The van der Waals surface area contributed by atoms with Gasteiger partial charge in [-0.15, -0.1) is 0 Å². The number of allylic oxidation sites excluding steroid dienone is 1. The first-order chi connectivity index (χ1) is 14.4. The molecule has 4 aliphatic rings. The van der Waals surface area contributed by atoms with Crippen LogP contribution in [0, 0.1) is 5.41 Å². The topological polar surface area (TPSA) is 66.5 Å². The van der Waals surface area contributed by atoms with Gasteiger partial charge in [0, 0.05) is 23.3 Å². The van der Waals surface area contributed by atoms with E-state index in [2.05, 4.69) is 30.2 Å². The Morgan fingerprint density at radius 2 is 1.83 bits per heavy atom. The van der Waals surface area contributed by atoms with Gasteiger partial charge in [-0.25, -0.2) is 4.57 Å². The van der Waals surface area contributed by atoms with Crippen molar-refractivity contribution in [1.82, 2.24) is 4.90 Å². The second-order valence-electron chi connectivity index (χ2n) is 9.14. The molecule has 0 radical (unpaired) electrons. The molecular formula is C22H30NO6P. The molecule has 0 bridgehead atoms. The highest BCUT2D eigenvalue weighted by molar-refractivity contribution is 7.48. The molecule has 5 rings (SSSR count). The van der Waals surface area contributed by atoms with Crippen LogP contribution >= 0.6 is 7.82 Å². The minimum absolute atomic E-state index is 0.0397. The molecule has 1 aromatic carbocycles. The van der Waals surface area contributed by atoms with Gasteiger partial charge in [-0.05, 0) is 63.0 Å². The highest BCUT2D eigenvalue weighted by Gasteiger charge is 2.53. The van der Waals surface area contributed by atoms with E-state index in [-0.39, 0.29) is 16.9 Å². The molecule has 2 saturated heterocycles. The predicted octanol–water partition coefficient (Wildman–Crippen LogP) is 4.28. The van der Waals surface area contributed by atoms with Crippen LogP contribution in [0.1, 0.15) is 37.7 Å². The summed E-state index contributed by atoms with van der Waals surface area (Å²) in [5.41, 5.74) is 1.28. The van der Waals surface area contributed by atoms with Crippen molar-refractivity contribution >= 4 is 7.82 Å². The van der Waals surface area contributed by atoms with Crippen LogP contribution in [0.15, 0.2) is 30.0 Å². The monoisotopic (exact) mass is 435 g/mol. The van der Waals surface area contributed by atoms with Gasteiger partial charge in [0.2, 0.25) is 0 Å². The molecule has 8 heteroatoms. The zero-order valence-corrected chi connectivity index (χ0v) is 18.8.